The molecule has 128 valence electrons. The van der Waals surface area contributed by atoms with E-state index >= 15 is 0 Å². The zero-order valence-electron chi connectivity index (χ0n) is 14.5. The second-order valence-electron chi connectivity index (χ2n) is 5.45. The average molecular weight is 345 g/mol. The number of thioether (sulfide) groups is 1. The van der Waals surface area contributed by atoms with Crippen LogP contribution in [-0.4, -0.2) is 25.9 Å². The Kier molecular flexibility index (Phi) is 6.55. The lowest BCUT2D eigenvalue weighted by atomic mass is 10.1. The molecule has 1 unspecified atom stereocenters. The van der Waals surface area contributed by atoms with Crippen molar-refractivity contribution in [1.82, 2.24) is 5.32 Å². The fraction of sp³-hybridized carbons (Fsp3) is 0.316. The molecule has 0 spiro atoms. The van der Waals surface area contributed by atoms with Gasteiger partial charge in [0.2, 0.25) is 5.91 Å². The molecule has 2 rings (SSSR count). The SMILES string of the molecule is COc1ccc(C(C)NC(=O)CSc2ccccc2C)c(OC)c1. The van der Waals surface area contributed by atoms with E-state index in [2.05, 4.69) is 5.32 Å². The number of hydrogen-bond donors (Lipinski definition) is 1. The first kappa shape index (κ1) is 18.2. The van der Waals surface area contributed by atoms with Crippen molar-refractivity contribution in [2.45, 2.75) is 24.8 Å². The van der Waals surface area contributed by atoms with Gasteiger partial charge in [-0.25, -0.2) is 0 Å². The summed E-state index contributed by atoms with van der Waals surface area (Å²) >= 11 is 1.55. The molecule has 2 aromatic carbocycles. The number of methoxy groups -OCH3 is 2. The summed E-state index contributed by atoms with van der Waals surface area (Å²) in [6, 6.07) is 13.5. The first-order chi connectivity index (χ1) is 11.5. The molecule has 0 saturated heterocycles. The van der Waals surface area contributed by atoms with E-state index in [0.717, 1.165) is 16.2 Å². The van der Waals surface area contributed by atoms with Crippen LogP contribution >= 0.6 is 11.8 Å². The van der Waals surface area contributed by atoms with Gasteiger partial charge in [-0.2, -0.15) is 0 Å². The number of rotatable bonds is 7. The first-order valence-corrected chi connectivity index (χ1v) is 8.73. The topological polar surface area (TPSA) is 47.6 Å². The van der Waals surface area contributed by atoms with E-state index in [1.165, 1.54) is 5.56 Å². The van der Waals surface area contributed by atoms with Gasteiger partial charge in [-0.3, -0.25) is 4.79 Å². The molecule has 0 aromatic heterocycles. The van der Waals surface area contributed by atoms with E-state index in [1.807, 2.05) is 56.3 Å². The van der Waals surface area contributed by atoms with Crippen molar-refractivity contribution in [3.05, 3.63) is 53.6 Å². The van der Waals surface area contributed by atoms with Crippen LogP contribution in [0.15, 0.2) is 47.4 Å². The number of carbonyl (C=O) groups excluding carboxylic acids is 1. The molecule has 5 heteroatoms. The molecule has 24 heavy (non-hydrogen) atoms. The van der Waals surface area contributed by atoms with Crippen molar-refractivity contribution in [1.29, 1.82) is 0 Å². The lowest BCUT2D eigenvalue weighted by Gasteiger charge is -2.18. The number of ether oxygens (including phenoxy) is 2. The Hall–Kier alpha value is -2.14. The minimum absolute atomic E-state index is 0.00590. The Labute approximate surface area is 147 Å². The Bertz CT molecular complexity index is 703. The van der Waals surface area contributed by atoms with Gasteiger partial charge in [0.05, 0.1) is 26.0 Å². The van der Waals surface area contributed by atoms with Crippen LogP contribution in [0.4, 0.5) is 0 Å². The van der Waals surface area contributed by atoms with Crippen molar-refractivity contribution in [2.24, 2.45) is 0 Å². The van der Waals surface area contributed by atoms with E-state index in [0.29, 0.717) is 11.5 Å². The van der Waals surface area contributed by atoms with Crippen LogP contribution in [-0.2, 0) is 4.79 Å². The number of amides is 1. The van der Waals surface area contributed by atoms with Gasteiger partial charge in [-0.15, -0.1) is 11.8 Å². The maximum Gasteiger partial charge on any atom is 0.230 e. The fourth-order valence-corrected chi connectivity index (χ4v) is 3.24. The Balaban J connectivity index is 1.97. The van der Waals surface area contributed by atoms with Gasteiger partial charge in [0.15, 0.2) is 0 Å². The van der Waals surface area contributed by atoms with Gasteiger partial charge in [0.1, 0.15) is 11.5 Å². The van der Waals surface area contributed by atoms with Crippen molar-refractivity contribution in [3.63, 3.8) is 0 Å². The monoisotopic (exact) mass is 345 g/mol. The summed E-state index contributed by atoms with van der Waals surface area (Å²) in [5, 5.41) is 3.02. The van der Waals surface area contributed by atoms with E-state index in [-0.39, 0.29) is 11.9 Å². The Morgan fingerprint density at radius 2 is 1.92 bits per heavy atom. The van der Waals surface area contributed by atoms with Crippen LogP contribution in [0.25, 0.3) is 0 Å². The molecule has 4 nitrogen and oxygen atoms in total. The summed E-state index contributed by atoms with van der Waals surface area (Å²) in [6.07, 6.45) is 0. The van der Waals surface area contributed by atoms with Crippen molar-refractivity contribution in [3.8, 4) is 11.5 Å². The normalized spacial score (nSPS) is 11.7. The van der Waals surface area contributed by atoms with Crippen LogP contribution in [0.3, 0.4) is 0 Å². The van der Waals surface area contributed by atoms with Gasteiger partial charge in [-0.05, 0) is 37.6 Å². The molecule has 0 saturated carbocycles. The zero-order chi connectivity index (χ0) is 17.5. The second kappa shape index (κ2) is 8.64. The molecule has 0 aliphatic carbocycles. The van der Waals surface area contributed by atoms with E-state index in [4.69, 9.17) is 9.47 Å². The van der Waals surface area contributed by atoms with Crippen LogP contribution in [0.2, 0.25) is 0 Å². The largest absolute Gasteiger partial charge is 0.497 e. The molecule has 0 aliphatic heterocycles. The van der Waals surface area contributed by atoms with Crippen LogP contribution in [0.1, 0.15) is 24.1 Å². The third-order valence-electron chi connectivity index (χ3n) is 3.74. The van der Waals surface area contributed by atoms with Crippen molar-refractivity contribution < 1.29 is 14.3 Å². The molecular weight excluding hydrogens is 322 g/mol. The summed E-state index contributed by atoms with van der Waals surface area (Å²) in [4.78, 5) is 13.4. The van der Waals surface area contributed by atoms with Gasteiger partial charge < -0.3 is 14.8 Å². The molecule has 0 aliphatic rings. The number of carbonyl (C=O) groups is 1. The first-order valence-electron chi connectivity index (χ1n) is 7.75. The van der Waals surface area contributed by atoms with Crippen LogP contribution in [0, 0.1) is 6.92 Å². The molecular formula is C19H23NO3S. The molecule has 1 amide bonds. The molecule has 1 atom stereocenters. The number of benzene rings is 2. The zero-order valence-corrected chi connectivity index (χ0v) is 15.3. The Morgan fingerprint density at radius 1 is 1.17 bits per heavy atom. The maximum atomic E-state index is 12.2. The minimum Gasteiger partial charge on any atom is -0.497 e. The van der Waals surface area contributed by atoms with Gasteiger partial charge in [0.25, 0.3) is 0 Å². The van der Waals surface area contributed by atoms with Crippen LogP contribution in [0.5, 0.6) is 11.5 Å². The summed E-state index contributed by atoms with van der Waals surface area (Å²) in [6.45, 7) is 3.99. The molecule has 0 bridgehead atoms. The summed E-state index contributed by atoms with van der Waals surface area (Å²) in [5.74, 6) is 1.81. The third-order valence-corrected chi connectivity index (χ3v) is 4.91. The van der Waals surface area contributed by atoms with Crippen molar-refractivity contribution in [2.75, 3.05) is 20.0 Å². The van der Waals surface area contributed by atoms with E-state index in [9.17, 15) is 4.79 Å². The highest BCUT2D eigenvalue weighted by atomic mass is 32.2. The number of nitrogens with one attached hydrogen (secondary N) is 1. The number of hydrogen-bond acceptors (Lipinski definition) is 4. The molecule has 0 heterocycles. The summed E-state index contributed by atoms with van der Waals surface area (Å²) < 4.78 is 10.6. The highest BCUT2D eigenvalue weighted by Crippen LogP contribution is 2.29. The van der Waals surface area contributed by atoms with Gasteiger partial charge in [0, 0.05) is 16.5 Å². The quantitative estimate of drug-likeness (QED) is 0.771. The van der Waals surface area contributed by atoms with E-state index < -0.39 is 0 Å². The predicted molar refractivity (Wildman–Crippen MR) is 98.0 cm³/mol. The smallest absolute Gasteiger partial charge is 0.230 e. The van der Waals surface area contributed by atoms with E-state index in [1.54, 1.807) is 26.0 Å². The third kappa shape index (κ3) is 4.68. The van der Waals surface area contributed by atoms with Gasteiger partial charge in [-0.1, -0.05) is 18.2 Å². The van der Waals surface area contributed by atoms with Crippen molar-refractivity contribution >= 4 is 17.7 Å². The highest BCUT2D eigenvalue weighted by Gasteiger charge is 2.15. The van der Waals surface area contributed by atoms with Gasteiger partial charge >= 0.3 is 0 Å². The number of aryl methyl sites for hydroxylation is 1. The maximum absolute atomic E-state index is 12.2. The second-order valence-corrected chi connectivity index (χ2v) is 6.47. The fourth-order valence-electron chi connectivity index (χ4n) is 2.40. The molecule has 0 radical (unpaired) electrons. The molecule has 2 aromatic rings. The standard InChI is InChI=1S/C19H23NO3S/c1-13-7-5-6-8-18(13)24-12-19(21)20-14(2)16-10-9-15(22-3)11-17(16)23-4/h5-11,14H,12H2,1-4H3,(H,20,21). The molecule has 0 fully saturated rings. The minimum atomic E-state index is -0.143. The lowest BCUT2D eigenvalue weighted by molar-refractivity contribution is -0.119. The molecule has 1 N–H and O–H groups in total. The van der Waals surface area contributed by atoms with Crippen LogP contribution < -0.4 is 14.8 Å². The average Bonchev–Trinajstić information content (AvgIpc) is 2.60. The highest BCUT2D eigenvalue weighted by molar-refractivity contribution is 8.00. The predicted octanol–water partition coefficient (Wildman–Crippen LogP) is 3.98. The Morgan fingerprint density at radius 3 is 2.58 bits per heavy atom. The lowest BCUT2D eigenvalue weighted by Crippen LogP contribution is -2.28. The summed E-state index contributed by atoms with van der Waals surface area (Å²) in [5.41, 5.74) is 2.10. The summed E-state index contributed by atoms with van der Waals surface area (Å²) in [7, 11) is 3.23.